The third-order valence-corrected chi connectivity index (χ3v) is 3.05. The lowest BCUT2D eigenvalue weighted by Crippen LogP contribution is -2.16. The number of rotatable bonds is 4. The van der Waals surface area contributed by atoms with Crippen LogP contribution in [0.4, 0.5) is 5.69 Å². The molecule has 1 aromatic carbocycles. The third kappa shape index (κ3) is 2.97. The molecule has 7 heteroatoms. The van der Waals surface area contributed by atoms with Crippen LogP contribution in [0.15, 0.2) is 30.7 Å². The van der Waals surface area contributed by atoms with Crippen LogP contribution in [-0.2, 0) is 6.54 Å². The van der Waals surface area contributed by atoms with Crippen LogP contribution < -0.4 is 20.5 Å². The predicted molar refractivity (Wildman–Crippen MR) is 76.7 cm³/mol. The van der Waals surface area contributed by atoms with Gasteiger partial charge in [-0.05, 0) is 12.1 Å². The number of amides is 1. The second-order valence-electron chi connectivity index (χ2n) is 4.60. The summed E-state index contributed by atoms with van der Waals surface area (Å²) in [5, 5.41) is 2.78. The number of ether oxygens (including phenoxy) is 2. The maximum atomic E-state index is 12.1. The first-order valence-electron chi connectivity index (χ1n) is 6.69. The standard InChI is InChI=1S/C14H16N4O3/c15-3-4-18-8-11(16-9-18)14(19)17-10-1-2-12-13(7-10)21-6-5-20-12/h1-2,7-9H,3-6,15H2,(H,17,19). The van der Waals surface area contributed by atoms with Gasteiger partial charge in [0.05, 0.1) is 6.33 Å². The van der Waals surface area contributed by atoms with Crippen molar-refractivity contribution in [2.24, 2.45) is 5.73 Å². The van der Waals surface area contributed by atoms with E-state index in [0.29, 0.717) is 49.2 Å². The molecule has 0 atom stereocenters. The number of nitrogens with zero attached hydrogens (tertiary/aromatic N) is 2. The Kier molecular flexibility index (Phi) is 3.74. The number of hydrogen-bond donors (Lipinski definition) is 2. The zero-order chi connectivity index (χ0) is 14.7. The molecule has 0 unspecified atom stereocenters. The van der Waals surface area contributed by atoms with Gasteiger partial charge in [0.1, 0.15) is 18.9 Å². The lowest BCUT2D eigenvalue weighted by molar-refractivity contribution is 0.102. The maximum absolute atomic E-state index is 12.1. The van der Waals surface area contributed by atoms with Crippen molar-refractivity contribution in [3.8, 4) is 11.5 Å². The van der Waals surface area contributed by atoms with Gasteiger partial charge in [-0.15, -0.1) is 0 Å². The van der Waals surface area contributed by atoms with Crippen molar-refractivity contribution in [2.75, 3.05) is 25.1 Å². The van der Waals surface area contributed by atoms with E-state index in [1.807, 2.05) is 0 Å². The van der Waals surface area contributed by atoms with E-state index in [2.05, 4.69) is 10.3 Å². The fraction of sp³-hybridized carbons (Fsp3) is 0.286. The van der Waals surface area contributed by atoms with Crippen LogP contribution in [-0.4, -0.2) is 35.2 Å². The fourth-order valence-electron chi connectivity index (χ4n) is 2.06. The largest absolute Gasteiger partial charge is 0.486 e. The first-order valence-corrected chi connectivity index (χ1v) is 6.69. The molecule has 2 heterocycles. The van der Waals surface area contributed by atoms with Crippen LogP contribution in [0.2, 0.25) is 0 Å². The number of carbonyl (C=O) groups is 1. The van der Waals surface area contributed by atoms with E-state index >= 15 is 0 Å². The quantitative estimate of drug-likeness (QED) is 0.871. The molecule has 1 aliphatic rings. The first kappa shape index (κ1) is 13.4. The van der Waals surface area contributed by atoms with Crippen molar-refractivity contribution < 1.29 is 14.3 Å². The highest BCUT2D eigenvalue weighted by Gasteiger charge is 2.14. The summed E-state index contributed by atoms with van der Waals surface area (Å²) in [6.45, 7) is 2.18. The molecule has 2 aromatic rings. The molecule has 0 radical (unpaired) electrons. The Morgan fingerprint density at radius 1 is 1.33 bits per heavy atom. The van der Waals surface area contributed by atoms with Gasteiger partial charge in [0, 0.05) is 31.0 Å². The molecule has 110 valence electrons. The van der Waals surface area contributed by atoms with Gasteiger partial charge in [-0.3, -0.25) is 4.79 Å². The molecule has 0 saturated heterocycles. The normalized spacial score (nSPS) is 13.0. The van der Waals surface area contributed by atoms with Crippen molar-refractivity contribution >= 4 is 11.6 Å². The van der Waals surface area contributed by atoms with Crippen LogP contribution in [0, 0.1) is 0 Å². The lowest BCUT2D eigenvalue weighted by Gasteiger charge is -2.18. The van der Waals surface area contributed by atoms with E-state index in [9.17, 15) is 4.79 Å². The summed E-state index contributed by atoms with van der Waals surface area (Å²) in [5.41, 5.74) is 6.44. The SMILES string of the molecule is NCCn1cnc(C(=O)Nc2ccc3c(c2)OCCO3)c1. The van der Waals surface area contributed by atoms with E-state index in [1.54, 1.807) is 35.3 Å². The minimum Gasteiger partial charge on any atom is -0.486 e. The summed E-state index contributed by atoms with van der Waals surface area (Å²) in [5.74, 6) is 1.04. The third-order valence-electron chi connectivity index (χ3n) is 3.05. The maximum Gasteiger partial charge on any atom is 0.275 e. The average Bonchev–Trinajstić information content (AvgIpc) is 2.96. The summed E-state index contributed by atoms with van der Waals surface area (Å²) >= 11 is 0. The van der Waals surface area contributed by atoms with Gasteiger partial charge in [0.15, 0.2) is 11.5 Å². The van der Waals surface area contributed by atoms with Crippen molar-refractivity contribution in [2.45, 2.75) is 6.54 Å². The zero-order valence-corrected chi connectivity index (χ0v) is 11.4. The molecule has 0 aliphatic carbocycles. The molecule has 1 aromatic heterocycles. The second-order valence-corrected chi connectivity index (χ2v) is 4.60. The number of imidazole rings is 1. The number of carbonyl (C=O) groups excluding carboxylic acids is 1. The Morgan fingerprint density at radius 2 is 2.14 bits per heavy atom. The molecule has 0 saturated carbocycles. The molecule has 0 bridgehead atoms. The van der Waals surface area contributed by atoms with Crippen molar-refractivity contribution in [1.82, 2.24) is 9.55 Å². The first-order chi connectivity index (χ1) is 10.3. The molecule has 3 N–H and O–H groups in total. The summed E-state index contributed by atoms with van der Waals surface area (Å²) in [7, 11) is 0. The number of aromatic nitrogens is 2. The van der Waals surface area contributed by atoms with Crippen LogP contribution in [0.25, 0.3) is 0 Å². The molecule has 0 spiro atoms. The van der Waals surface area contributed by atoms with E-state index < -0.39 is 0 Å². The molecule has 21 heavy (non-hydrogen) atoms. The Morgan fingerprint density at radius 3 is 2.95 bits per heavy atom. The van der Waals surface area contributed by atoms with Crippen LogP contribution >= 0.6 is 0 Å². The minimum absolute atomic E-state index is 0.276. The Balaban J connectivity index is 1.71. The number of fused-ring (bicyclic) bond motifs is 1. The fourth-order valence-corrected chi connectivity index (χ4v) is 2.06. The highest BCUT2D eigenvalue weighted by molar-refractivity contribution is 6.02. The monoisotopic (exact) mass is 288 g/mol. The number of anilines is 1. The van der Waals surface area contributed by atoms with Gasteiger partial charge in [-0.1, -0.05) is 0 Å². The Labute approximate surface area is 121 Å². The van der Waals surface area contributed by atoms with Crippen molar-refractivity contribution in [3.63, 3.8) is 0 Å². The van der Waals surface area contributed by atoms with E-state index in [1.165, 1.54) is 0 Å². The summed E-state index contributed by atoms with van der Waals surface area (Å²) in [6.07, 6.45) is 3.26. The smallest absolute Gasteiger partial charge is 0.275 e. The van der Waals surface area contributed by atoms with Gasteiger partial charge in [-0.2, -0.15) is 0 Å². The zero-order valence-electron chi connectivity index (χ0n) is 11.4. The molecule has 7 nitrogen and oxygen atoms in total. The van der Waals surface area contributed by atoms with Crippen molar-refractivity contribution in [3.05, 3.63) is 36.4 Å². The highest BCUT2D eigenvalue weighted by Crippen LogP contribution is 2.32. The van der Waals surface area contributed by atoms with E-state index in [0.717, 1.165) is 0 Å². The number of benzene rings is 1. The number of nitrogens with two attached hydrogens (primary N) is 1. The van der Waals surface area contributed by atoms with Crippen molar-refractivity contribution in [1.29, 1.82) is 0 Å². The van der Waals surface area contributed by atoms with Gasteiger partial charge in [-0.25, -0.2) is 4.98 Å². The molecule has 1 aliphatic heterocycles. The van der Waals surface area contributed by atoms with Gasteiger partial charge in [0.25, 0.3) is 5.91 Å². The molecule has 1 amide bonds. The van der Waals surface area contributed by atoms with Crippen LogP contribution in [0.5, 0.6) is 11.5 Å². The van der Waals surface area contributed by atoms with E-state index in [-0.39, 0.29) is 5.91 Å². The Hall–Kier alpha value is -2.54. The summed E-state index contributed by atoms with van der Waals surface area (Å²) in [4.78, 5) is 16.2. The average molecular weight is 288 g/mol. The minimum atomic E-state index is -0.276. The second kappa shape index (κ2) is 5.84. The van der Waals surface area contributed by atoms with Gasteiger partial charge >= 0.3 is 0 Å². The lowest BCUT2D eigenvalue weighted by atomic mass is 10.2. The van der Waals surface area contributed by atoms with Gasteiger partial charge in [0.2, 0.25) is 0 Å². The van der Waals surface area contributed by atoms with Crippen LogP contribution in [0.1, 0.15) is 10.5 Å². The molecule has 0 fully saturated rings. The molecular weight excluding hydrogens is 272 g/mol. The number of hydrogen-bond acceptors (Lipinski definition) is 5. The van der Waals surface area contributed by atoms with Crippen LogP contribution in [0.3, 0.4) is 0 Å². The highest BCUT2D eigenvalue weighted by atomic mass is 16.6. The summed E-state index contributed by atoms with van der Waals surface area (Å²) in [6, 6.07) is 5.28. The predicted octanol–water partition coefficient (Wildman–Crippen LogP) is 0.865. The molecular formula is C14H16N4O3. The van der Waals surface area contributed by atoms with Gasteiger partial charge < -0.3 is 25.1 Å². The summed E-state index contributed by atoms with van der Waals surface area (Å²) < 4.78 is 12.7. The number of nitrogens with one attached hydrogen (secondary N) is 1. The topological polar surface area (TPSA) is 91.4 Å². The van der Waals surface area contributed by atoms with E-state index in [4.69, 9.17) is 15.2 Å². The Bertz CT molecular complexity index is 653. The molecule has 3 rings (SSSR count).